The Morgan fingerprint density at radius 1 is 1.43 bits per heavy atom. The summed E-state index contributed by atoms with van der Waals surface area (Å²) in [5.41, 5.74) is 1.17. The van der Waals surface area contributed by atoms with Crippen molar-refractivity contribution in [2.75, 3.05) is 25.0 Å². The first-order chi connectivity index (χ1) is 9.80. The molecule has 116 valence electrons. The third-order valence-electron chi connectivity index (χ3n) is 3.46. The highest BCUT2D eigenvalue weighted by molar-refractivity contribution is 7.89. The van der Waals surface area contributed by atoms with Crippen LogP contribution in [0.1, 0.15) is 19.4 Å². The lowest BCUT2D eigenvalue weighted by atomic mass is 10.2. The number of hydrogen-bond donors (Lipinski definition) is 2. The molecular weight excluding hydrogens is 290 g/mol. The summed E-state index contributed by atoms with van der Waals surface area (Å²) >= 11 is 0. The summed E-state index contributed by atoms with van der Waals surface area (Å²) in [7, 11) is -3.54. The molecular formula is C14H21N3O3S. The van der Waals surface area contributed by atoms with E-state index in [1.807, 2.05) is 6.92 Å². The minimum Gasteiger partial charge on any atom is -0.326 e. The number of rotatable bonds is 3. The maximum Gasteiger partial charge on any atom is 0.243 e. The van der Waals surface area contributed by atoms with Crippen molar-refractivity contribution < 1.29 is 13.2 Å². The molecule has 6 nitrogen and oxygen atoms in total. The Kier molecular flexibility index (Phi) is 4.65. The van der Waals surface area contributed by atoms with Crippen LogP contribution in [0.2, 0.25) is 0 Å². The van der Waals surface area contributed by atoms with Crippen molar-refractivity contribution in [3.05, 3.63) is 23.8 Å². The number of carbonyl (C=O) groups is 1. The lowest BCUT2D eigenvalue weighted by Crippen LogP contribution is -2.51. The van der Waals surface area contributed by atoms with Crippen LogP contribution in [-0.4, -0.2) is 44.3 Å². The molecule has 1 aromatic rings. The summed E-state index contributed by atoms with van der Waals surface area (Å²) in [5.74, 6) is -0.224. The second-order valence-electron chi connectivity index (χ2n) is 5.38. The number of hydrogen-bond acceptors (Lipinski definition) is 4. The zero-order chi connectivity index (χ0) is 15.6. The zero-order valence-corrected chi connectivity index (χ0v) is 13.3. The molecule has 0 aliphatic carbocycles. The number of aryl methyl sites for hydroxylation is 1. The standard InChI is InChI=1S/C14H21N3O3S/c1-10-4-5-13(16-12(3)18)8-14(10)21(19,20)17-7-6-15-11(2)9-17/h4-5,8,11,15H,6-7,9H2,1-3H3,(H,16,18)/t11-/m0/s1. The van der Waals surface area contributed by atoms with E-state index in [0.717, 1.165) is 0 Å². The van der Waals surface area contributed by atoms with E-state index in [2.05, 4.69) is 10.6 Å². The maximum atomic E-state index is 12.8. The fourth-order valence-electron chi connectivity index (χ4n) is 2.41. The molecule has 1 aromatic carbocycles. The van der Waals surface area contributed by atoms with E-state index in [1.165, 1.54) is 17.3 Å². The summed E-state index contributed by atoms with van der Waals surface area (Å²) in [6, 6.07) is 5.07. The number of nitrogens with zero attached hydrogens (tertiary/aromatic N) is 1. The van der Waals surface area contributed by atoms with Crippen LogP contribution < -0.4 is 10.6 Å². The SMILES string of the molecule is CC(=O)Nc1ccc(C)c(S(=O)(=O)N2CCN[C@@H](C)C2)c1. The maximum absolute atomic E-state index is 12.8. The van der Waals surface area contributed by atoms with Gasteiger partial charge in [0.2, 0.25) is 15.9 Å². The highest BCUT2D eigenvalue weighted by Gasteiger charge is 2.29. The van der Waals surface area contributed by atoms with Crippen LogP contribution in [0, 0.1) is 6.92 Å². The number of piperazine rings is 1. The molecule has 1 aliphatic heterocycles. The molecule has 0 aromatic heterocycles. The Morgan fingerprint density at radius 3 is 2.76 bits per heavy atom. The van der Waals surface area contributed by atoms with Crippen LogP contribution in [-0.2, 0) is 14.8 Å². The van der Waals surface area contributed by atoms with Crippen LogP contribution in [0.3, 0.4) is 0 Å². The summed E-state index contributed by atoms with van der Waals surface area (Å²) in [6.45, 7) is 6.66. The van der Waals surface area contributed by atoms with Gasteiger partial charge in [-0.2, -0.15) is 4.31 Å². The Morgan fingerprint density at radius 2 is 2.14 bits per heavy atom. The average Bonchev–Trinajstić information content (AvgIpc) is 2.40. The van der Waals surface area contributed by atoms with E-state index in [9.17, 15) is 13.2 Å². The van der Waals surface area contributed by atoms with Gasteiger partial charge in [-0.15, -0.1) is 0 Å². The predicted molar refractivity (Wildman–Crippen MR) is 81.7 cm³/mol. The van der Waals surface area contributed by atoms with Gasteiger partial charge in [-0.25, -0.2) is 8.42 Å². The number of benzene rings is 1. The van der Waals surface area contributed by atoms with Crippen molar-refractivity contribution in [1.29, 1.82) is 0 Å². The molecule has 2 rings (SSSR count). The molecule has 0 saturated carbocycles. The highest BCUT2D eigenvalue weighted by Crippen LogP contribution is 2.24. The summed E-state index contributed by atoms with van der Waals surface area (Å²) in [4.78, 5) is 11.4. The molecule has 1 fully saturated rings. The molecule has 7 heteroatoms. The number of carbonyl (C=O) groups excluding carboxylic acids is 1. The normalized spacial score (nSPS) is 20.2. The molecule has 0 unspecified atom stereocenters. The van der Waals surface area contributed by atoms with Crippen LogP contribution in [0.5, 0.6) is 0 Å². The summed E-state index contributed by atoms with van der Waals surface area (Å²) in [6.07, 6.45) is 0. The Hall–Kier alpha value is -1.44. The highest BCUT2D eigenvalue weighted by atomic mass is 32.2. The predicted octanol–water partition coefficient (Wildman–Crippen LogP) is 0.936. The van der Waals surface area contributed by atoms with Crippen molar-refractivity contribution in [3.63, 3.8) is 0 Å². The van der Waals surface area contributed by atoms with E-state index in [-0.39, 0.29) is 16.8 Å². The van der Waals surface area contributed by atoms with Crippen molar-refractivity contribution in [2.45, 2.75) is 31.7 Å². The second kappa shape index (κ2) is 6.13. The minimum absolute atomic E-state index is 0.132. The van der Waals surface area contributed by atoms with Gasteiger partial charge in [-0.1, -0.05) is 6.07 Å². The second-order valence-corrected chi connectivity index (χ2v) is 7.29. The average molecular weight is 311 g/mol. The van der Waals surface area contributed by atoms with Crippen LogP contribution >= 0.6 is 0 Å². The van der Waals surface area contributed by atoms with Crippen molar-refractivity contribution in [2.24, 2.45) is 0 Å². The monoisotopic (exact) mass is 311 g/mol. The number of amides is 1. The Balaban J connectivity index is 2.36. The van der Waals surface area contributed by atoms with Gasteiger partial charge in [-0.3, -0.25) is 4.79 Å². The van der Waals surface area contributed by atoms with Gasteiger partial charge in [0.05, 0.1) is 4.90 Å². The van der Waals surface area contributed by atoms with E-state index < -0.39 is 10.0 Å². The molecule has 0 spiro atoms. The molecule has 21 heavy (non-hydrogen) atoms. The zero-order valence-electron chi connectivity index (χ0n) is 12.5. The summed E-state index contributed by atoms with van der Waals surface area (Å²) in [5, 5.41) is 5.85. The largest absolute Gasteiger partial charge is 0.326 e. The van der Waals surface area contributed by atoms with Crippen LogP contribution in [0.15, 0.2) is 23.1 Å². The van der Waals surface area contributed by atoms with Gasteiger partial charge in [-0.05, 0) is 31.5 Å². The van der Waals surface area contributed by atoms with Crippen LogP contribution in [0.25, 0.3) is 0 Å². The van der Waals surface area contributed by atoms with Gasteiger partial charge in [0.15, 0.2) is 0 Å². The molecule has 1 saturated heterocycles. The lowest BCUT2D eigenvalue weighted by molar-refractivity contribution is -0.114. The first-order valence-corrected chi connectivity index (χ1v) is 8.36. The number of anilines is 1. The molecule has 1 aliphatic rings. The number of nitrogens with one attached hydrogen (secondary N) is 2. The van der Waals surface area contributed by atoms with Crippen molar-refractivity contribution >= 4 is 21.6 Å². The topological polar surface area (TPSA) is 78.5 Å². The van der Waals surface area contributed by atoms with Gasteiger partial charge >= 0.3 is 0 Å². The fraction of sp³-hybridized carbons (Fsp3) is 0.500. The van der Waals surface area contributed by atoms with Crippen molar-refractivity contribution in [3.8, 4) is 0 Å². The Bertz CT molecular complexity index is 643. The molecule has 0 bridgehead atoms. The molecule has 1 amide bonds. The number of sulfonamides is 1. The van der Waals surface area contributed by atoms with Crippen molar-refractivity contribution in [1.82, 2.24) is 9.62 Å². The quantitative estimate of drug-likeness (QED) is 0.870. The first kappa shape index (κ1) is 15.9. The molecule has 1 atom stereocenters. The van der Waals surface area contributed by atoms with Crippen LogP contribution in [0.4, 0.5) is 5.69 Å². The lowest BCUT2D eigenvalue weighted by Gasteiger charge is -2.31. The first-order valence-electron chi connectivity index (χ1n) is 6.92. The smallest absolute Gasteiger partial charge is 0.243 e. The fourth-order valence-corrected chi connectivity index (χ4v) is 4.19. The van der Waals surface area contributed by atoms with Gasteiger partial charge in [0.1, 0.15) is 0 Å². The minimum atomic E-state index is -3.54. The van der Waals surface area contributed by atoms with E-state index in [0.29, 0.717) is 30.9 Å². The van der Waals surface area contributed by atoms with Gasteiger partial charge in [0.25, 0.3) is 0 Å². The van der Waals surface area contributed by atoms with E-state index in [1.54, 1.807) is 19.1 Å². The van der Waals surface area contributed by atoms with E-state index in [4.69, 9.17) is 0 Å². The molecule has 0 radical (unpaired) electrons. The Labute approximate surface area is 125 Å². The molecule has 2 N–H and O–H groups in total. The van der Waals surface area contributed by atoms with Gasteiger partial charge in [0, 0.05) is 38.3 Å². The summed E-state index contributed by atoms with van der Waals surface area (Å²) < 4.78 is 27.0. The third kappa shape index (κ3) is 3.61. The van der Waals surface area contributed by atoms with Gasteiger partial charge < -0.3 is 10.6 Å². The third-order valence-corrected chi connectivity index (χ3v) is 5.46. The molecule has 1 heterocycles. The van der Waals surface area contributed by atoms with E-state index >= 15 is 0 Å².